The van der Waals surface area contributed by atoms with Crippen LogP contribution in [0.5, 0.6) is 0 Å². The second-order valence-electron chi connectivity index (χ2n) is 10.1. The fourth-order valence-corrected chi connectivity index (χ4v) is 6.25. The maximum absolute atomic E-state index is 13.1. The maximum Gasteiger partial charge on any atom is 0.253 e. The van der Waals surface area contributed by atoms with E-state index in [1.54, 1.807) is 0 Å². The van der Waals surface area contributed by atoms with Crippen LogP contribution in [-0.4, -0.2) is 54.6 Å². The number of anilines is 1. The van der Waals surface area contributed by atoms with Gasteiger partial charge in [0.1, 0.15) is 5.82 Å². The van der Waals surface area contributed by atoms with Crippen molar-refractivity contribution in [1.82, 2.24) is 15.2 Å². The summed E-state index contributed by atoms with van der Waals surface area (Å²) in [6.45, 7) is 7.60. The summed E-state index contributed by atoms with van der Waals surface area (Å²) >= 11 is 6.50. The Balaban J connectivity index is 1.30. The highest BCUT2D eigenvalue weighted by Gasteiger charge is 2.30. The number of halogens is 1. The first-order chi connectivity index (χ1) is 15.6. The summed E-state index contributed by atoms with van der Waals surface area (Å²) in [4.78, 5) is 23.1. The van der Waals surface area contributed by atoms with Gasteiger partial charge in [0.2, 0.25) is 0 Å². The molecule has 1 aliphatic carbocycles. The van der Waals surface area contributed by atoms with E-state index in [2.05, 4.69) is 28.1 Å². The van der Waals surface area contributed by atoms with Gasteiger partial charge in [0, 0.05) is 31.1 Å². The Morgan fingerprint density at radius 1 is 1.09 bits per heavy atom. The Morgan fingerprint density at radius 2 is 1.94 bits per heavy atom. The SMILES string of the molecule is CC1CCCC(CNC(=O)c2c(Cl)ccc3nc(N4CCC(N5CCCC5)C4)ccc23)C1. The molecule has 6 heteroatoms. The lowest BCUT2D eigenvalue weighted by Gasteiger charge is -2.27. The molecule has 2 aromatic rings. The van der Waals surface area contributed by atoms with Crippen LogP contribution >= 0.6 is 11.6 Å². The maximum atomic E-state index is 13.1. The van der Waals surface area contributed by atoms with Crippen molar-refractivity contribution in [2.75, 3.05) is 37.6 Å². The zero-order valence-electron chi connectivity index (χ0n) is 19.2. The highest BCUT2D eigenvalue weighted by Crippen LogP contribution is 2.31. The van der Waals surface area contributed by atoms with Crippen LogP contribution in [0.25, 0.3) is 10.9 Å². The average molecular weight is 455 g/mol. The molecule has 2 saturated heterocycles. The van der Waals surface area contributed by atoms with E-state index in [-0.39, 0.29) is 5.91 Å². The molecule has 0 spiro atoms. The second-order valence-corrected chi connectivity index (χ2v) is 10.5. The molecule has 3 aliphatic rings. The summed E-state index contributed by atoms with van der Waals surface area (Å²) in [5.74, 6) is 2.25. The van der Waals surface area contributed by atoms with Crippen LogP contribution in [0.15, 0.2) is 24.3 Å². The Hall–Kier alpha value is -1.85. The van der Waals surface area contributed by atoms with Gasteiger partial charge >= 0.3 is 0 Å². The molecule has 5 rings (SSSR count). The first kappa shape index (κ1) is 22.0. The van der Waals surface area contributed by atoms with Gasteiger partial charge in [-0.2, -0.15) is 0 Å². The normalized spacial score (nSPS) is 26.7. The molecule has 172 valence electrons. The van der Waals surface area contributed by atoms with Crippen molar-refractivity contribution in [3.63, 3.8) is 0 Å². The van der Waals surface area contributed by atoms with E-state index in [4.69, 9.17) is 16.6 Å². The van der Waals surface area contributed by atoms with E-state index in [1.807, 2.05) is 18.2 Å². The van der Waals surface area contributed by atoms with Gasteiger partial charge in [-0.3, -0.25) is 9.69 Å². The number of nitrogens with one attached hydrogen (secondary N) is 1. The molecule has 3 atom stereocenters. The number of carbonyl (C=O) groups excluding carboxylic acids is 1. The van der Waals surface area contributed by atoms with Gasteiger partial charge in [0.25, 0.3) is 5.91 Å². The van der Waals surface area contributed by atoms with Crippen molar-refractivity contribution in [1.29, 1.82) is 0 Å². The highest BCUT2D eigenvalue weighted by atomic mass is 35.5. The van der Waals surface area contributed by atoms with Gasteiger partial charge in [0.15, 0.2) is 0 Å². The summed E-state index contributed by atoms with van der Waals surface area (Å²) in [5, 5.41) is 4.50. The lowest BCUT2D eigenvalue weighted by Crippen LogP contribution is -2.35. The largest absolute Gasteiger partial charge is 0.355 e. The third-order valence-electron chi connectivity index (χ3n) is 7.77. The Labute approximate surface area is 196 Å². The molecule has 1 N–H and O–H groups in total. The molecule has 1 aromatic heterocycles. The van der Waals surface area contributed by atoms with Crippen molar-refractivity contribution in [3.05, 3.63) is 34.9 Å². The van der Waals surface area contributed by atoms with Crippen LogP contribution in [0.4, 0.5) is 5.82 Å². The third kappa shape index (κ3) is 4.60. The van der Waals surface area contributed by atoms with Gasteiger partial charge in [-0.1, -0.05) is 31.4 Å². The molecule has 0 bridgehead atoms. The number of carbonyl (C=O) groups is 1. The van der Waals surface area contributed by atoms with Crippen molar-refractivity contribution < 1.29 is 4.79 Å². The fraction of sp³-hybridized carbons (Fsp3) is 0.615. The molecule has 5 nitrogen and oxygen atoms in total. The van der Waals surface area contributed by atoms with Gasteiger partial charge in [-0.05, 0) is 81.3 Å². The topological polar surface area (TPSA) is 48.5 Å². The summed E-state index contributed by atoms with van der Waals surface area (Å²) < 4.78 is 0. The number of likely N-dealkylation sites (tertiary alicyclic amines) is 1. The van der Waals surface area contributed by atoms with Crippen molar-refractivity contribution in [3.8, 4) is 0 Å². The van der Waals surface area contributed by atoms with Crippen molar-refractivity contribution in [2.24, 2.45) is 11.8 Å². The molecule has 2 aliphatic heterocycles. The molecular formula is C26H35ClN4O. The first-order valence-corrected chi connectivity index (χ1v) is 12.8. The number of pyridine rings is 1. The minimum atomic E-state index is -0.0800. The van der Waals surface area contributed by atoms with Crippen LogP contribution in [0, 0.1) is 11.8 Å². The summed E-state index contributed by atoms with van der Waals surface area (Å²) in [6.07, 6.45) is 8.83. The number of fused-ring (bicyclic) bond motifs is 1. The Bertz CT molecular complexity index is 974. The van der Waals surface area contributed by atoms with E-state index < -0.39 is 0 Å². The lowest BCUT2D eigenvalue weighted by molar-refractivity contribution is 0.0942. The van der Waals surface area contributed by atoms with Crippen LogP contribution in [0.1, 0.15) is 62.2 Å². The molecule has 3 heterocycles. The van der Waals surface area contributed by atoms with Gasteiger partial charge in [-0.25, -0.2) is 4.98 Å². The van der Waals surface area contributed by atoms with E-state index in [1.165, 1.54) is 58.0 Å². The number of nitrogens with zero attached hydrogens (tertiary/aromatic N) is 3. The van der Waals surface area contributed by atoms with Gasteiger partial charge in [-0.15, -0.1) is 0 Å². The minimum absolute atomic E-state index is 0.0800. The van der Waals surface area contributed by atoms with Crippen molar-refractivity contribution in [2.45, 2.75) is 57.9 Å². The van der Waals surface area contributed by atoms with Gasteiger partial charge in [0.05, 0.1) is 16.1 Å². The fourth-order valence-electron chi connectivity index (χ4n) is 6.00. The van der Waals surface area contributed by atoms with Crippen molar-refractivity contribution >= 4 is 34.2 Å². The Morgan fingerprint density at radius 3 is 2.75 bits per heavy atom. The average Bonchev–Trinajstić information content (AvgIpc) is 3.49. The van der Waals surface area contributed by atoms with Crippen LogP contribution < -0.4 is 10.2 Å². The molecule has 1 amide bonds. The van der Waals surface area contributed by atoms with E-state index in [9.17, 15) is 4.79 Å². The predicted octanol–water partition coefficient (Wildman–Crippen LogP) is 5.12. The van der Waals surface area contributed by atoms with E-state index >= 15 is 0 Å². The molecule has 1 saturated carbocycles. The summed E-state index contributed by atoms with van der Waals surface area (Å²) in [5.41, 5.74) is 1.40. The quantitative estimate of drug-likeness (QED) is 0.681. The molecular weight excluding hydrogens is 420 g/mol. The smallest absolute Gasteiger partial charge is 0.253 e. The predicted molar refractivity (Wildman–Crippen MR) is 132 cm³/mol. The van der Waals surface area contributed by atoms with E-state index in [0.717, 1.165) is 42.3 Å². The summed E-state index contributed by atoms with van der Waals surface area (Å²) in [6, 6.07) is 8.49. The third-order valence-corrected chi connectivity index (χ3v) is 8.09. The molecule has 0 radical (unpaired) electrons. The zero-order valence-corrected chi connectivity index (χ0v) is 19.9. The number of benzene rings is 1. The number of amides is 1. The van der Waals surface area contributed by atoms with Crippen LogP contribution in [-0.2, 0) is 0 Å². The lowest BCUT2D eigenvalue weighted by atomic mass is 9.82. The minimum Gasteiger partial charge on any atom is -0.355 e. The number of hydrogen-bond acceptors (Lipinski definition) is 4. The molecule has 3 unspecified atom stereocenters. The van der Waals surface area contributed by atoms with E-state index in [0.29, 0.717) is 22.5 Å². The number of hydrogen-bond donors (Lipinski definition) is 1. The monoisotopic (exact) mass is 454 g/mol. The standard InChI is InChI=1S/C26H35ClN4O/c1-18-5-4-6-19(15-18)16-28-26(32)25-21-7-10-24(29-23(21)9-8-22(25)27)31-14-11-20(17-31)30-12-2-3-13-30/h7-10,18-20H,2-6,11-17H2,1H3,(H,28,32). The summed E-state index contributed by atoms with van der Waals surface area (Å²) in [7, 11) is 0. The number of rotatable bonds is 5. The Kier molecular flexibility index (Phi) is 6.56. The zero-order chi connectivity index (χ0) is 22.1. The highest BCUT2D eigenvalue weighted by molar-refractivity contribution is 6.35. The molecule has 3 fully saturated rings. The van der Waals surface area contributed by atoms with Crippen LogP contribution in [0.2, 0.25) is 5.02 Å². The van der Waals surface area contributed by atoms with Crippen LogP contribution in [0.3, 0.4) is 0 Å². The molecule has 1 aromatic carbocycles. The van der Waals surface area contributed by atoms with Gasteiger partial charge < -0.3 is 10.2 Å². The number of aromatic nitrogens is 1. The second kappa shape index (κ2) is 9.56. The molecule has 32 heavy (non-hydrogen) atoms. The first-order valence-electron chi connectivity index (χ1n) is 12.4.